The van der Waals surface area contributed by atoms with Gasteiger partial charge >= 0.3 is 0 Å². The van der Waals surface area contributed by atoms with Crippen molar-refractivity contribution < 1.29 is 8.42 Å². The van der Waals surface area contributed by atoms with Crippen molar-refractivity contribution in [2.75, 3.05) is 6.54 Å². The molecule has 0 aliphatic rings. The van der Waals surface area contributed by atoms with Crippen molar-refractivity contribution in [3.8, 4) is 0 Å². The third-order valence-electron chi connectivity index (χ3n) is 3.07. The number of rotatable bonds is 6. The van der Waals surface area contributed by atoms with E-state index in [1.807, 2.05) is 24.6 Å². The second-order valence-corrected chi connectivity index (χ2v) is 7.54. The Hall–Kier alpha value is -1.18. The second kappa shape index (κ2) is 6.72. The third-order valence-corrected chi connectivity index (χ3v) is 5.07. The van der Waals surface area contributed by atoms with Gasteiger partial charge in [0.15, 0.2) is 0 Å². The summed E-state index contributed by atoms with van der Waals surface area (Å²) in [6.07, 6.45) is 0.692. The van der Waals surface area contributed by atoms with Crippen LogP contribution in [-0.4, -0.2) is 24.7 Å². The molecular weight excluding hydrogens is 354 g/mol. The van der Waals surface area contributed by atoms with Crippen LogP contribution in [0.5, 0.6) is 0 Å². The van der Waals surface area contributed by atoms with Gasteiger partial charge in [0, 0.05) is 23.3 Å². The number of aromatic nitrogens is 2. The molecule has 0 spiro atoms. The quantitative estimate of drug-likeness (QED) is 0.793. The minimum atomic E-state index is -3.44. The number of halogens is 1. The number of hydrogen-bond acceptors (Lipinski definition) is 3. The van der Waals surface area contributed by atoms with E-state index in [0.29, 0.717) is 19.5 Å². The molecule has 1 N–H and O–H groups in total. The Labute approximate surface area is 133 Å². The predicted octanol–water partition coefficient (Wildman–Crippen LogP) is 2.63. The fraction of sp³-hybridized carbons (Fsp3) is 0.357. The standard InChI is InChI=1S/C14H18BrN3O2S/c1-11-10-12(2)18(17-11)9-3-8-16-21(19,20)14-6-4-13(15)5-7-14/h4-7,10,16H,3,8-9H2,1-2H3. The van der Waals surface area contributed by atoms with Crippen molar-refractivity contribution in [2.24, 2.45) is 0 Å². The summed E-state index contributed by atoms with van der Waals surface area (Å²) in [7, 11) is -3.44. The molecule has 0 aliphatic heterocycles. The van der Waals surface area contributed by atoms with Gasteiger partial charge in [-0.05, 0) is 50.6 Å². The van der Waals surface area contributed by atoms with Gasteiger partial charge in [0.05, 0.1) is 10.6 Å². The normalized spacial score (nSPS) is 11.8. The zero-order valence-corrected chi connectivity index (χ0v) is 14.4. The summed E-state index contributed by atoms with van der Waals surface area (Å²) in [4.78, 5) is 0.275. The zero-order chi connectivity index (χ0) is 15.5. The van der Waals surface area contributed by atoms with Gasteiger partial charge < -0.3 is 0 Å². The van der Waals surface area contributed by atoms with Crippen molar-refractivity contribution >= 4 is 26.0 Å². The van der Waals surface area contributed by atoms with Gasteiger partial charge in [-0.2, -0.15) is 5.10 Å². The number of benzene rings is 1. The first kappa shape index (κ1) is 16.2. The Kier molecular flexibility index (Phi) is 5.18. The first-order chi connectivity index (χ1) is 9.88. The van der Waals surface area contributed by atoms with Crippen LogP contribution in [0.4, 0.5) is 0 Å². The number of sulfonamides is 1. The van der Waals surface area contributed by atoms with Gasteiger partial charge in [-0.1, -0.05) is 15.9 Å². The van der Waals surface area contributed by atoms with Crippen LogP contribution in [0.15, 0.2) is 39.7 Å². The molecule has 0 fully saturated rings. The van der Waals surface area contributed by atoms with Crippen molar-refractivity contribution in [3.63, 3.8) is 0 Å². The highest BCUT2D eigenvalue weighted by Crippen LogP contribution is 2.14. The van der Waals surface area contributed by atoms with Crippen LogP contribution >= 0.6 is 15.9 Å². The second-order valence-electron chi connectivity index (χ2n) is 4.86. The summed E-state index contributed by atoms with van der Waals surface area (Å²) in [5, 5.41) is 4.35. The van der Waals surface area contributed by atoms with Crippen LogP contribution in [0.2, 0.25) is 0 Å². The molecule has 0 aliphatic carbocycles. The van der Waals surface area contributed by atoms with Crippen LogP contribution < -0.4 is 4.72 Å². The van der Waals surface area contributed by atoms with E-state index in [2.05, 4.69) is 25.8 Å². The molecule has 0 radical (unpaired) electrons. The SMILES string of the molecule is Cc1cc(C)n(CCCNS(=O)(=O)c2ccc(Br)cc2)n1. The van der Waals surface area contributed by atoms with E-state index in [4.69, 9.17) is 0 Å². The Morgan fingerprint density at radius 1 is 1.24 bits per heavy atom. The summed E-state index contributed by atoms with van der Waals surface area (Å²) >= 11 is 3.29. The highest BCUT2D eigenvalue weighted by molar-refractivity contribution is 9.10. The van der Waals surface area contributed by atoms with Gasteiger partial charge in [-0.25, -0.2) is 13.1 Å². The average Bonchev–Trinajstić information content (AvgIpc) is 2.74. The van der Waals surface area contributed by atoms with Gasteiger partial charge in [0.1, 0.15) is 0 Å². The van der Waals surface area contributed by atoms with Gasteiger partial charge in [0.25, 0.3) is 0 Å². The molecule has 0 saturated heterocycles. The maximum atomic E-state index is 12.1. The molecule has 7 heteroatoms. The topological polar surface area (TPSA) is 64.0 Å². The summed E-state index contributed by atoms with van der Waals surface area (Å²) in [6, 6.07) is 8.59. The van der Waals surface area contributed by atoms with Crippen LogP contribution in [0.1, 0.15) is 17.8 Å². The molecule has 0 saturated carbocycles. The van der Waals surface area contributed by atoms with E-state index in [1.54, 1.807) is 24.3 Å². The molecule has 0 atom stereocenters. The van der Waals surface area contributed by atoms with E-state index in [0.717, 1.165) is 15.9 Å². The maximum Gasteiger partial charge on any atom is 0.240 e. The van der Waals surface area contributed by atoms with Crippen molar-refractivity contribution in [2.45, 2.75) is 31.7 Å². The Balaban J connectivity index is 1.88. The lowest BCUT2D eigenvalue weighted by Crippen LogP contribution is -2.25. The fourth-order valence-electron chi connectivity index (χ4n) is 2.03. The summed E-state index contributed by atoms with van der Waals surface area (Å²) in [5.74, 6) is 0. The number of nitrogens with zero attached hydrogens (tertiary/aromatic N) is 2. The molecule has 0 amide bonds. The molecule has 1 heterocycles. The van der Waals surface area contributed by atoms with E-state index in [1.165, 1.54) is 0 Å². The molecular formula is C14H18BrN3O2S. The molecule has 21 heavy (non-hydrogen) atoms. The highest BCUT2D eigenvalue weighted by atomic mass is 79.9. The number of aryl methyl sites for hydroxylation is 3. The third kappa shape index (κ3) is 4.39. The largest absolute Gasteiger partial charge is 0.270 e. The molecule has 1 aromatic heterocycles. The van der Waals surface area contributed by atoms with Gasteiger partial charge in [-0.3, -0.25) is 4.68 Å². The predicted molar refractivity (Wildman–Crippen MR) is 85.6 cm³/mol. The van der Waals surface area contributed by atoms with E-state index >= 15 is 0 Å². The van der Waals surface area contributed by atoms with E-state index < -0.39 is 10.0 Å². The van der Waals surface area contributed by atoms with Gasteiger partial charge in [-0.15, -0.1) is 0 Å². The first-order valence-corrected chi connectivity index (χ1v) is 8.92. The van der Waals surface area contributed by atoms with Crippen molar-refractivity contribution in [3.05, 3.63) is 46.2 Å². The average molecular weight is 372 g/mol. The molecule has 0 unspecified atom stereocenters. The van der Waals surface area contributed by atoms with Crippen LogP contribution in [0.3, 0.4) is 0 Å². The first-order valence-electron chi connectivity index (χ1n) is 6.65. The number of hydrogen-bond donors (Lipinski definition) is 1. The van der Waals surface area contributed by atoms with Crippen molar-refractivity contribution in [1.29, 1.82) is 0 Å². The minimum Gasteiger partial charge on any atom is -0.270 e. The zero-order valence-electron chi connectivity index (χ0n) is 12.0. The summed E-state index contributed by atoms with van der Waals surface area (Å²) < 4.78 is 29.5. The van der Waals surface area contributed by atoms with Crippen LogP contribution in [0.25, 0.3) is 0 Å². The lowest BCUT2D eigenvalue weighted by molar-refractivity contribution is 0.544. The van der Waals surface area contributed by atoms with E-state index in [-0.39, 0.29) is 4.90 Å². The maximum absolute atomic E-state index is 12.1. The fourth-order valence-corrected chi connectivity index (χ4v) is 3.37. The van der Waals surface area contributed by atoms with Crippen molar-refractivity contribution in [1.82, 2.24) is 14.5 Å². The molecule has 1 aromatic carbocycles. The summed E-state index contributed by atoms with van der Waals surface area (Å²) in [5.41, 5.74) is 2.06. The monoisotopic (exact) mass is 371 g/mol. The van der Waals surface area contributed by atoms with Crippen LogP contribution in [-0.2, 0) is 16.6 Å². The molecule has 0 bridgehead atoms. The molecule has 5 nitrogen and oxygen atoms in total. The minimum absolute atomic E-state index is 0.275. The summed E-state index contributed by atoms with van der Waals surface area (Å²) in [6.45, 7) is 5.02. The highest BCUT2D eigenvalue weighted by Gasteiger charge is 2.12. The lowest BCUT2D eigenvalue weighted by atomic mass is 10.4. The van der Waals surface area contributed by atoms with Crippen LogP contribution in [0, 0.1) is 13.8 Å². The van der Waals surface area contributed by atoms with Gasteiger partial charge in [0.2, 0.25) is 10.0 Å². The molecule has 114 valence electrons. The molecule has 2 rings (SSSR count). The molecule has 2 aromatic rings. The smallest absolute Gasteiger partial charge is 0.240 e. The Morgan fingerprint density at radius 2 is 1.90 bits per heavy atom. The number of nitrogens with one attached hydrogen (secondary N) is 1. The lowest BCUT2D eigenvalue weighted by Gasteiger charge is -2.08. The Bertz CT molecular complexity index is 708. The van der Waals surface area contributed by atoms with E-state index in [9.17, 15) is 8.42 Å². The Morgan fingerprint density at radius 3 is 2.48 bits per heavy atom.